The predicted molar refractivity (Wildman–Crippen MR) is 94.2 cm³/mol. The highest BCUT2D eigenvalue weighted by molar-refractivity contribution is 9.10. The van der Waals surface area contributed by atoms with Gasteiger partial charge < -0.3 is 16.2 Å². The number of nitrogens with two attached hydrogens (primary N) is 3. The molecule has 0 aliphatic rings. The van der Waals surface area contributed by atoms with E-state index in [1.165, 1.54) is 5.01 Å². The molecule has 0 atom stereocenters. The highest BCUT2D eigenvalue weighted by Crippen LogP contribution is 2.32. The van der Waals surface area contributed by atoms with Crippen molar-refractivity contribution in [2.45, 2.75) is 20.4 Å². The number of pyridine rings is 1. The topological polar surface area (TPSA) is 129 Å². The highest BCUT2D eigenvalue weighted by Gasteiger charge is 2.18. The van der Waals surface area contributed by atoms with Crippen molar-refractivity contribution in [3.63, 3.8) is 0 Å². The standard InChI is InChI=1S/C13H17BrClN7O/c1-5-7(19-11(15)6(2)9(5)23-3)4-22(18)12-8(16)10(14)20-13(17)21-12/h4,16,18H2,1-3H3,(H2,17,20,21). The number of anilines is 3. The van der Waals surface area contributed by atoms with Crippen LogP contribution >= 0.6 is 27.5 Å². The van der Waals surface area contributed by atoms with Gasteiger partial charge in [0.05, 0.1) is 19.3 Å². The summed E-state index contributed by atoms with van der Waals surface area (Å²) in [5.74, 6) is 7.10. The number of hydrazine groups is 1. The lowest BCUT2D eigenvalue weighted by Crippen LogP contribution is -2.33. The molecule has 0 fully saturated rings. The van der Waals surface area contributed by atoms with Crippen molar-refractivity contribution in [2.75, 3.05) is 23.6 Å². The van der Waals surface area contributed by atoms with Gasteiger partial charge >= 0.3 is 0 Å². The fourth-order valence-electron chi connectivity index (χ4n) is 2.15. The molecule has 0 saturated carbocycles. The van der Waals surface area contributed by atoms with Crippen LogP contribution in [-0.2, 0) is 6.54 Å². The molecule has 2 rings (SSSR count). The summed E-state index contributed by atoms with van der Waals surface area (Å²) in [4.78, 5) is 12.3. The van der Waals surface area contributed by atoms with Crippen LogP contribution in [0, 0.1) is 13.8 Å². The summed E-state index contributed by atoms with van der Waals surface area (Å²) in [6, 6.07) is 0. The summed E-state index contributed by atoms with van der Waals surface area (Å²) in [5.41, 5.74) is 14.1. The van der Waals surface area contributed by atoms with Crippen molar-refractivity contribution in [3.05, 3.63) is 26.6 Å². The zero-order valence-electron chi connectivity index (χ0n) is 12.9. The van der Waals surface area contributed by atoms with Crippen molar-refractivity contribution < 1.29 is 4.74 Å². The first-order chi connectivity index (χ1) is 10.8. The van der Waals surface area contributed by atoms with E-state index in [-0.39, 0.29) is 18.2 Å². The number of rotatable bonds is 4. The van der Waals surface area contributed by atoms with Crippen molar-refractivity contribution >= 4 is 45.0 Å². The van der Waals surface area contributed by atoms with Crippen LogP contribution in [0.1, 0.15) is 16.8 Å². The molecule has 2 aromatic rings. The molecule has 0 saturated heterocycles. The Kier molecular flexibility index (Phi) is 5.12. The van der Waals surface area contributed by atoms with E-state index in [1.807, 2.05) is 13.8 Å². The zero-order chi connectivity index (χ0) is 17.3. The fraction of sp³-hybridized carbons (Fsp3) is 0.308. The highest BCUT2D eigenvalue weighted by atomic mass is 79.9. The van der Waals surface area contributed by atoms with Gasteiger partial charge in [-0.2, -0.15) is 4.98 Å². The number of nitrogens with zero attached hydrogens (tertiary/aromatic N) is 4. The average molecular weight is 403 g/mol. The number of methoxy groups -OCH3 is 1. The van der Waals surface area contributed by atoms with Gasteiger partial charge in [0.2, 0.25) is 5.95 Å². The third-order valence-electron chi connectivity index (χ3n) is 3.35. The number of aromatic nitrogens is 3. The first-order valence-electron chi connectivity index (χ1n) is 6.56. The smallest absolute Gasteiger partial charge is 0.223 e. The van der Waals surface area contributed by atoms with E-state index in [2.05, 4.69) is 30.9 Å². The van der Waals surface area contributed by atoms with Crippen molar-refractivity contribution in [1.29, 1.82) is 0 Å². The molecule has 2 heterocycles. The van der Waals surface area contributed by atoms with Gasteiger partial charge in [0.1, 0.15) is 21.2 Å². The molecule has 0 amide bonds. The lowest BCUT2D eigenvalue weighted by molar-refractivity contribution is 0.407. The number of ether oxygens (including phenoxy) is 1. The second kappa shape index (κ2) is 6.73. The molecule has 0 aromatic carbocycles. The number of hydrogen-bond acceptors (Lipinski definition) is 8. The van der Waals surface area contributed by atoms with Crippen molar-refractivity contribution in [1.82, 2.24) is 15.0 Å². The normalized spacial score (nSPS) is 10.7. The fourth-order valence-corrected chi connectivity index (χ4v) is 2.70. The van der Waals surface area contributed by atoms with Gasteiger partial charge in [-0.05, 0) is 29.8 Å². The molecule has 0 spiro atoms. The molecule has 0 unspecified atom stereocenters. The minimum absolute atomic E-state index is 0.0562. The molecule has 8 nitrogen and oxygen atoms in total. The average Bonchev–Trinajstić information content (AvgIpc) is 2.49. The molecule has 10 heteroatoms. The van der Waals surface area contributed by atoms with Gasteiger partial charge in [0.15, 0.2) is 5.82 Å². The SMILES string of the molecule is COc1c(C)c(Cl)nc(CN(N)c2nc(N)nc(Br)c2N)c1C. The van der Waals surface area contributed by atoms with Gasteiger partial charge in [0, 0.05) is 11.1 Å². The third-order valence-corrected chi connectivity index (χ3v) is 4.32. The number of hydrogen-bond donors (Lipinski definition) is 3. The predicted octanol–water partition coefficient (Wildman–Crippen LogP) is 1.96. The molecular formula is C13H17BrClN7O. The maximum Gasteiger partial charge on any atom is 0.223 e. The maximum atomic E-state index is 6.15. The largest absolute Gasteiger partial charge is 0.496 e. The lowest BCUT2D eigenvalue weighted by atomic mass is 10.1. The Labute approximate surface area is 147 Å². The van der Waals surface area contributed by atoms with E-state index < -0.39 is 0 Å². The van der Waals surface area contributed by atoms with Crippen LogP contribution in [-0.4, -0.2) is 22.1 Å². The molecule has 124 valence electrons. The number of nitrogen functional groups attached to an aromatic ring is 2. The Hall–Kier alpha value is -1.84. The van der Waals surface area contributed by atoms with E-state index in [0.29, 0.717) is 27.0 Å². The summed E-state index contributed by atoms with van der Waals surface area (Å²) in [6.45, 7) is 3.94. The lowest BCUT2D eigenvalue weighted by Gasteiger charge is -2.21. The van der Waals surface area contributed by atoms with Gasteiger partial charge in [-0.15, -0.1) is 0 Å². The van der Waals surface area contributed by atoms with Crippen LogP contribution in [0.4, 0.5) is 17.5 Å². The minimum atomic E-state index is 0.0562. The van der Waals surface area contributed by atoms with Crippen molar-refractivity contribution in [3.8, 4) is 5.75 Å². The van der Waals surface area contributed by atoms with E-state index >= 15 is 0 Å². The Balaban J connectivity index is 2.42. The quantitative estimate of drug-likeness (QED) is 0.306. The van der Waals surface area contributed by atoms with Crippen LogP contribution in [0.5, 0.6) is 5.75 Å². The molecule has 0 aliphatic heterocycles. The van der Waals surface area contributed by atoms with Gasteiger partial charge in [-0.1, -0.05) is 11.6 Å². The Bertz CT molecular complexity index is 756. The van der Waals surface area contributed by atoms with Gasteiger partial charge in [-0.25, -0.2) is 15.8 Å². The van der Waals surface area contributed by atoms with Crippen LogP contribution in [0.2, 0.25) is 5.15 Å². The second-order valence-electron chi connectivity index (χ2n) is 4.87. The van der Waals surface area contributed by atoms with E-state index in [9.17, 15) is 0 Å². The summed E-state index contributed by atoms with van der Waals surface area (Å²) in [5, 5.41) is 1.69. The number of halogens is 2. The van der Waals surface area contributed by atoms with Gasteiger partial charge in [-0.3, -0.25) is 5.01 Å². The van der Waals surface area contributed by atoms with E-state index in [1.54, 1.807) is 7.11 Å². The minimum Gasteiger partial charge on any atom is -0.496 e. The molecule has 23 heavy (non-hydrogen) atoms. The van der Waals surface area contributed by atoms with Crippen LogP contribution in [0.15, 0.2) is 4.60 Å². The van der Waals surface area contributed by atoms with Crippen molar-refractivity contribution in [2.24, 2.45) is 5.84 Å². The summed E-state index contributed by atoms with van der Waals surface area (Å²) >= 11 is 9.37. The monoisotopic (exact) mass is 401 g/mol. The molecular weight excluding hydrogens is 386 g/mol. The summed E-state index contributed by atoms with van der Waals surface area (Å²) in [7, 11) is 1.58. The first-order valence-corrected chi connectivity index (χ1v) is 7.73. The van der Waals surface area contributed by atoms with Crippen LogP contribution in [0.25, 0.3) is 0 Å². The van der Waals surface area contributed by atoms with Gasteiger partial charge in [0.25, 0.3) is 0 Å². The molecule has 6 N–H and O–H groups in total. The summed E-state index contributed by atoms with van der Waals surface area (Å²) < 4.78 is 5.76. The third kappa shape index (κ3) is 3.41. The summed E-state index contributed by atoms with van der Waals surface area (Å²) in [6.07, 6.45) is 0. The second-order valence-corrected chi connectivity index (χ2v) is 5.98. The van der Waals surface area contributed by atoms with Crippen LogP contribution < -0.4 is 27.1 Å². The Morgan fingerprint density at radius 3 is 2.43 bits per heavy atom. The first kappa shape index (κ1) is 17.5. The molecule has 0 bridgehead atoms. The van der Waals surface area contributed by atoms with E-state index in [0.717, 1.165) is 11.1 Å². The zero-order valence-corrected chi connectivity index (χ0v) is 15.2. The van der Waals surface area contributed by atoms with Crippen LogP contribution in [0.3, 0.4) is 0 Å². The molecule has 0 radical (unpaired) electrons. The Morgan fingerprint density at radius 1 is 1.17 bits per heavy atom. The van der Waals surface area contributed by atoms with E-state index in [4.69, 9.17) is 33.6 Å². The molecule has 0 aliphatic carbocycles. The Morgan fingerprint density at radius 2 is 1.83 bits per heavy atom. The maximum absolute atomic E-state index is 6.15. The molecule has 2 aromatic heterocycles.